The summed E-state index contributed by atoms with van der Waals surface area (Å²) >= 11 is 0. The Labute approximate surface area is 210 Å². The highest BCUT2D eigenvalue weighted by molar-refractivity contribution is 5.64. The van der Waals surface area contributed by atoms with Crippen molar-refractivity contribution in [2.45, 2.75) is 19.0 Å². The molecule has 36 heavy (non-hydrogen) atoms. The van der Waals surface area contributed by atoms with Crippen LogP contribution in [0.2, 0.25) is 0 Å². The number of aromatic nitrogens is 5. The minimum absolute atomic E-state index is 0.232. The Kier molecular flexibility index (Phi) is 5.83. The summed E-state index contributed by atoms with van der Waals surface area (Å²) in [7, 11) is 1.68. The van der Waals surface area contributed by atoms with Crippen LogP contribution in [0.4, 0.5) is 0 Å². The Morgan fingerprint density at radius 3 is 2.19 bits per heavy atom. The molecule has 0 atom stereocenters. The van der Waals surface area contributed by atoms with Gasteiger partial charge in [0.05, 0.1) is 43.1 Å². The topological polar surface area (TPSA) is 61.0 Å². The van der Waals surface area contributed by atoms with E-state index in [-0.39, 0.29) is 12.1 Å². The van der Waals surface area contributed by atoms with Crippen LogP contribution in [0.25, 0.3) is 16.9 Å². The zero-order valence-corrected chi connectivity index (χ0v) is 20.4. The first kappa shape index (κ1) is 22.2. The fraction of sp³-hybridized carbons (Fsp3) is 0.207. The number of hydrogen-bond donors (Lipinski definition) is 0. The zero-order chi connectivity index (χ0) is 24.5. The minimum atomic E-state index is 0.232. The maximum Gasteiger partial charge on any atom is 0.143 e. The summed E-state index contributed by atoms with van der Waals surface area (Å²) in [6, 6.07) is 28.0. The van der Waals surface area contributed by atoms with Crippen LogP contribution in [0.5, 0.6) is 5.75 Å². The first-order valence-corrected chi connectivity index (χ1v) is 12.1. The molecule has 0 spiro atoms. The highest BCUT2D eigenvalue weighted by Gasteiger charge is 2.35. The molecule has 0 bridgehead atoms. The van der Waals surface area contributed by atoms with Gasteiger partial charge in [-0.2, -0.15) is 0 Å². The predicted molar refractivity (Wildman–Crippen MR) is 139 cm³/mol. The van der Waals surface area contributed by atoms with Crippen LogP contribution in [0.1, 0.15) is 28.9 Å². The third-order valence-electron chi connectivity index (χ3n) is 6.84. The zero-order valence-electron chi connectivity index (χ0n) is 20.4. The van der Waals surface area contributed by atoms with E-state index in [1.54, 1.807) is 13.4 Å². The van der Waals surface area contributed by atoms with Gasteiger partial charge in [-0.15, -0.1) is 5.10 Å². The van der Waals surface area contributed by atoms with Gasteiger partial charge in [0.1, 0.15) is 11.4 Å². The lowest BCUT2D eigenvalue weighted by Gasteiger charge is -2.44. The van der Waals surface area contributed by atoms with Gasteiger partial charge in [0.15, 0.2) is 0 Å². The van der Waals surface area contributed by atoms with Gasteiger partial charge in [-0.1, -0.05) is 71.9 Å². The molecule has 1 fully saturated rings. The first-order valence-electron chi connectivity index (χ1n) is 12.1. The summed E-state index contributed by atoms with van der Waals surface area (Å²) in [6.45, 7) is 3.80. The SMILES string of the molecule is COc1cc(-c2cn(C3CN(C(c4ccccc4)c4ccccc4)C3)nn2)ccc1-n1cnc(C)c1. The Balaban J connectivity index is 1.20. The summed E-state index contributed by atoms with van der Waals surface area (Å²) in [4.78, 5) is 6.82. The molecule has 7 nitrogen and oxygen atoms in total. The maximum absolute atomic E-state index is 5.67. The molecule has 6 rings (SSSR count). The van der Waals surface area contributed by atoms with Gasteiger partial charge in [0, 0.05) is 24.8 Å². The molecule has 2 aromatic heterocycles. The van der Waals surface area contributed by atoms with Crippen molar-refractivity contribution in [3.63, 3.8) is 0 Å². The lowest BCUT2D eigenvalue weighted by atomic mass is 9.93. The molecule has 5 aromatic rings. The second-order valence-corrected chi connectivity index (χ2v) is 9.22. The number of rotatable bonds is 7. The molecule has 180 valence electrons. The Hall–Kier alpha value is -4.23. The molecule has 3 heterocycles. The van der Waals surface area contributed by atoms with Crippen molar-refractivity contribution in [1.29, 1.82) is 0 Å². The molecule has 3 aromatic carbocycles. The van der Waals surface area contributed by atoms with Crippen molar-refractivity contribution in [2.24, 2.45) is 0 Å². The normalized spacial score (nSPS) is 14.2. The van der Waals surface area contributed by atoms with Gasteiger partial charge in [-0.25, -0.2) is 9.67 Å². The highest BCUT2D eigenvalue weighted by Crippen LogP contribution is 2.36. The van der Waals surface area contributed by atoms with Gasteiger partial charge in [0.25, 0.3) is 0 Å². The Morgan fingerprint density at radius 2 is 1.58 bits per heavy atom. The molecular weight excluding hydrogens is 448 g/mol. The molecular formula is C29H28N6O. The van der Waals surface area contributed by atoms with Crippen LogP contribution in [0, 0.1) is 6.92 Å². The van der Waals surface area contributed by atoms with E-state index in [1.165, 1.54) is 11.1 Å². The number of imidazole rings is 1. The maximum atomic E-state index is 5.67. The van der Waals surface area contributed by atoms with Crippen molar-refractivity contribution in [3.05, 3.63) is 114 Å². The van der Waals surface area contributed by atoms with Crippen molar-refractivity contribution in [2.75, 3.05) is 20.2 Å². The number of ether oxygens (including phenoxy) is 1. The second-order valence-electron chi connectivity index (χ2n) is 9.22. The van der Waals surface area contributed by atoms with Gasteiger partial charge in [-0.05, 0) is 30.2 Å². The molecule has 1 saturated heterocycles. The number of methoxy groups -OCH3 is 1. The largest absolute Gasteiger partial charge is 0.495 e. The molecule has 0 aliphatic carbocycles. The molecule has 1 aliphatic heterocycles. The van der Waals surface area contributed by atoms with E-state index in [0.717, 1.165) is 41.5 Å². The van der Waals surface area contributed by atoms with Crippen molar-refractivity contribution in [3.8, 4) is 22.7 Å². The van der Waals surface area contributed by atoms with Crippen LogP contribution in [-0.2, 0) is 0 Å². The number of benzene rings is 3. The number of aryl methyl sites for hydroxylation is 1. The number of nitrogens with zero attached hydrogens (tertiary/aromatic N) is 6. The van der Waals surface area contributed by atoms with Gasteiger partial charge >= 0.3 is 0 Å². The first-order chi connectivity index (χ1) is 17.7. The summed E-state index contributed by atoms with van der Waals surface area (Å²) in [5, 5.41) is 8.95. The van der Waals surface area contributed by atoms with Crippen LogP contribution in [0.15, 0.2) is 97.6 Å². The standard InChI is InChI=1S/C29H28N6O/c1-21-16-34(20-30-21)27-14-13-24(15-28(27)36-2)26-19-35(32-31-26)25-17-33(18-25)29(22-9-5-3-6-10-22)23-11-7-4-8-12-23/h3-16,19-20,25,29H,17-18H2,1-2H3. The van der Waals surface area contributed by atoms with Crippen LogP contribution >= 0.6 is 0 Å². The van der Waals surface area contributed by atoms with Crippen molar-refractivity contribution < 1.29 is 4.74 Å². The summed E-state index contributed by atoms with van der Waals surface area (Å²) in [6.07, 6.45) is 5.82. The fourth-order valence-corrected chi connectivity index (χ4v) is 4.94. The van der Waals surface area contributed by atoms with Gasteiger partial charge < -0.3 is 9.30 Å². The van der Waals surface area contributed by atoms with Gasteiger partial charge in [-0.3, -0.25) is 4.90 Å². The average molecular weight is 477 g/mol. The van der Waals surface area contributed by atoms with Crippen molar-refractivity contribution in [1.82, 2.24) is 29.4 Å². The highest BCUT2D eigenvalue weighted by atomic mass is 16.5. The quantitative estimate of drug-likeness (QED) is 0.327. The molecule has 0 N–H and O–H groups in total. The van der Waals surface area contributed by atoms with E-state index in [2.05, 4.69) is 86.9 Å². The molecule has 0 unspecified atom stereocenters. The third-order valence-corrected chi connectivity index (χ3v) is 6.84. The van der Waals surface area contributed by atoms with E-state index < -0.39 is 0 Å². The van der Waals surface area contributed by atoms with Crippen LogP contribution < -0.4 is 4.74 Å². The predicted octanol–water partition coefficient (Wildman–Crippen LogP) is 5.09. The summed E-state index contributed by atoms with van der Waals surface area (Å²) in [5.41, 5.74) is 6.32. The van der Waals surface area contributed by atoms with Crippen LogP contribution in [0.3, 0.4) is 0 Å². The van der Waals surface area contributed by atoms with Crippen molar-refractivity contribution >= 4 is 0 Å². The second kappa shape index (κ2) is 9.43. The monoisotopic (exact) mass is 476 g/mol. The molecule has 1 aliphatic rings. The smallest absolute Gasteiger partial charge is 0.143 e. The van der Waals surface area contributed by atoms with E-state index in [1.807, 2.05) is 40.7 Å². The molecule has 7 heteroatoms. The van der Waals surface area contributed by atoms with Gasteiger partial charge in [0.2, 0.25) is 0 Å². The molecule has 0 radical (unpaired) electrons. The lowest BCUT2D eigenvalue weighted by molar-refractivity contribution is 0.0671. The van der Waals surface area contributed by atoms with E-state index in [9.17, 15) is 0 Å². The number of hydrogen-bond acceptors (Lipinski definition) is 5. The Bertz CT molecular complexity index is 1410. The Morgan fingerprint density at radius 1 is 0.889 bits per heavy atom. The van der Waals surface area contributed by atoms with E-state index in [0.29, 0.717) is 0 Å². The van der Waals surface area contributed by atoms with E-state index >= 15 is 0 Å². The third kappa shape index (κ3) is 4.18. The summed E-state index contributed by atoms with van der Waals surface area (Å²) in [5.74, 6) is 0.767. The average Bonchev–Trinajstić information content (AvgIpc) is 3.56. The molecule has 0 amide bonds. The lowest BCUT2D eigenvalue weighted by Crippen LogP contribution is -2.49. The van der Waals surface area contributed by atoms with Crippen LogP contribution in [-0.4, -0.2) is 49.6 Å². The molecule has 0 saturated carbocycles. The minimum Gasteiger partial charge on any atom is -0.495 e. The fourth-order valence-electron chi connectivity index (χ4n) is 4.94. The number of likely N-dealkylation sites (tertiary alicyclic amines) is 1. The van der Waals surface area contributed by atoms with E-state index in [4.69, 9.17) is 4.74 Å². The summed E-state index contributed by atoms with van der Waals surface area (Å²) < 4.78 is 9.64.